The van der Waals surface area contributed by atoms with Crippen molar-refractivity contribution in [3.63, 3.8) is 0 Å². The van der Waals surface area contributed by atoms with Gasteiger partial charge < -0.3 is 9.84 Å². The van der Waals surface area contributed by atoms with Crippen molar-refractivity contribution in [2.45, 2.75) is 12.8 Å². The van der Waals surface area contributed by atoms with Gasteiger partial charge in [0.25, 0.3) is 0 Å². The summed E-state index contributed by atoms with van der Waals surface area (Å²) in [6.07, 6.45) is 0.196. The van der Waals surface area contributed by atoms with Gasteiger partial charge in [0.15, 0.2) is 0 Å². The van der Waals surface area contributed by atoms with Gasteiger partial charge in [-0.05, 0) is 40.0 Å². The van der Waals surface area contributed by atoms with Crippen LogP contribution in [0.4, 0.5) is 4.39 Å². The molecule has 0 atom stereocenters. The van der Waals surface area contributed by atoms with Gasteiger partial charge >= 0.3 is 5.97 Å². The summed E-state index contributed by atoms with van der Waals surface area (Å²) in [4.78, 5) is 10.4. The van der Waals surface area contributed by atoms with E-state index in [1.807, 2.05) is 0 Å². The van der Waals surface area contributed by atoms with E-state index in [0.717, 1.165) is 0 Å². The minimum absolute atomic E-state index is 0.0494. The Bertz CT molecular complexity index is 379. The van der Waals surface area contributed by atoms with E-state index in [0.29, 0.717) is 15.8 Å². The van der Waals surface area contributed by atoms with Gasteiger partial charge in [0.1, 0.15) is 11.6 Å². The molecule has 82 valence electrons. The van der Waals surface area contributed by atoms with E-state index in [2.05, 4.69) is 15.9 Å². The van der Waals surface area contributed by atoms with Gasteiger partial charge in [-0.15, -0.1) is 0 Å². The second-order valence-electron chi connectivity index (χ2n) is 2.97. The lowest BCUT2D eigenvalue weighted by molar-refractivity contribution is -0.136. The van der Waals surface area contributed by atoms with Gasteiger partial charge in [0.2, 0.25) is 0 Å². The monoisotopic (exact) mass is 276 g/mol. The smallest absolute Gasteiger partial charge is 0.303 e. The standard InChI is InChI=1S/C10H10BrFO3/c1-15-10-6(2-3-9(13)14)4-7(12)5-8(10)11/h4-5H,2-3H2,1H3,(H,13,14). The Kier molecular flexibility index (Phi) is 4.08. The molecule has 0 heterocycles. The van der Waals surface area contributed by atoms with Gasteiger partial charge in [-0.1, -0.05) is 0 Å². The first-order chi connectivity index (χ1) is 7.04. The average Bonchev–Trinajstić information content (AvgIpc) is 2.13. The van der Waals surface area contributed by atoms with E-state index in [-0.39, 0.29) is 12.8 Å². The Morgan fingerprint density at radius 3 is 2.80 bits per heavy atom. The van der Waals surface area contributed by atoms with Crippen LogP contribution in [0.2, 0.25) is 0 Å². The number of halogens is 2. The molecule has 1 aromatic rings. The largest absolute Gasteiger partial charge is 0.495 e. The summed E-state index contributed by atoms with van der Waals surface area (Å²) in [5, 5.41) is 8.53. The van der Waals surface area contributed by atoms with Crippen molar-refractivity contribution in [2.75, 3.05) is 7.11 Å². The van der Waals surface area contributed by atoms with E-state index in [1.165, 1.54) is 19.2 Å². The van der Waals surface area contributed by atoms with Crippen LogP contribution in [0, 0.1) is 5.82 Å². The molecule has 1 aromatic carbocycles. The van der Waals surface area contributed by atoms with Crippen molar-refractivity contribution in [2.24, 2.45) is 0 Å². The number of hydrogen-bond donors (Lipinski definition) is 1. The Labute approximate surface area is 95.0 Å². The fourth-order valence-electron chi connectivity index (χ4n) is 1.27. The Morgan fingerprint density at radius 1 is 1.60 bits per heavy atom. The molecule has 0 spiro atoms. The maximum atomic E-state index is 13.0. The van der Waals surface area contributed by atoms with E-state index in [1.54, 1.807) is 0 Å². The number of carboxylic acids is 1. The molecule has 0 aliphatic heterocycles. The zero-order chi connectivity index (χ0) is 11.4. The maximum absolute atomic E-state index is 13.0. The van der Waals surface area contributed by atoms with E-state index in [4.69, 9.17) is 9.84 Å². The molecule has 3 nitrogen and oxygen atoms in total. The van der Waals surface area contributed by atoms with Crippen molar-refractivity contribution in [1.82, 2.24) is 0 Å². The lowest BCUT2D eigenvalue weighted by Crippen LogP contribution is -2.00. The van der Waals surface area contributed by atoms with Gasteiger partial charge in [0, 0.05) is 6.42 Å². The molecule has 0 unspecified atom stereocenters. The van der Waals surface area contributed by atoms with E-state index < -0.39 is 11.8 Å². The van der Waals surface area contributed by atoms with Crippen LogP contribution >= 0.6 is 15.9 Å². The summed E-state index contributed by atoms with van der Waals surface area (Å²) in [6.45, 7) is 0. The number of carboxylic acid groups (broad SMARTS) is 1. The Hall–Kier alpha value is -1.10. The lowest BCUT2D eigenvalue weighted by Gasteiger charge is -2.09. The second kappa shape index (κ2) is 5.11. The third-order valence-corrected chi connectivity index (χ3v) is 2.49. The van der Waals surface area contributed by atoms with Crippen molar-refractivity contribution in [3.05, 3.63) is 28.0 Å². The highest BCUT2D eigenvalue weighted by molar-refractivity contribution is 9.10. The van der Waals surface area contributed by atoms with Gasteiger partial charge in [-0.25, -0.2) is 4.39 Å². The first-order valence-corrected chi connectivity index (χ1v) is 5.07. The highest BCUT2D eigenvalue weighted by Gasteiger charge is 2.11. The van der Waals surface area contributed by atoms with E-state index in [9.17, 15) is 9.18 Å². The topological polar surface area (TPSA) is 46.5 Å². The number of hydrogen-bond acceptors (Lipinski definition) is 2. The molecule has 0 fully saturated rings. The predicted molar refractivity (Wildman–Crippen MR) is 56.6 cm³/mol. The lowest BCUT2D eigenvalue weighted by atomic mass is 10.1. The van der Waals surface area contributed by atoms with Crippen LogP contribution in [0.1, 0.15) is 12.0 Å². The Balaban J connectivity index is 2.98. The van der Waals surface area contributed by atoms with Gasteiger partial charge in [0.05, 0.1) is 11.6 Å². The molecule has 1 N–H and O–H groups in total. The number of benzene rings is 1. The van der Waals surface area contributed by atoms with Crippen LogP contribution in [0.25, 0.3) is 0 Å². The number of methoxy groups -OCH3 is 1. The zero-order valence-corrected chi connectivity index (χ0v) is 9.67. The highest BCUT2D eigenvalue weighted by atomic mass is 79.9. The summed E-state index contributed by atoms with van der Waals surface area (Å²) >= 11 is 3.15. The fraction of sp³-hybridized carbons (Fsp3) is 0.300. The second-order valence-corrected chi connectivity index (χ2v) is 3.83. The molecule has 0 radical (unpaired) electrons. The molecule has 1 rings (SSSR count). The first-order valence-electron chi connectivity index (χ1n) is 4.28. The molecule has 0 amide bonds. The molecular formula is C10H10BrFO3. The van der Waals surface area contributed by atoms with Crippen LogP contribution in [0.3, 0.4) is 0 Å². The SMILES string of the molecule is COc1c(Br)cc(F)cc1CCC(=O)O. The van der Waals surface area contributed by atoms with Crippen molar-refractivity contribution >= 4 is 21.9 Å². The molecule has 0 bridgehead atoms. The Morgan fingerprint density at radius 2 is 2.27 bits per heavy atom. The van der Waals surface area contributed by atoms with Gasteiger partial charge in [-0.3, -0.25) is 4.79 Å². The molecule has 15 heavy (non-hydrogen) atoms. The van der Waals surface area contributed by atoms with Gasteiger partial charge in [-0.2, -0.15) is 0 Å². The quantitative estimate of drug-likeness (QED) is 0.920. The van der Waals surface area contributed by atoms with Crippen LogP contribution < -0.4 is 4.74 Å². The third-order valence-electron chi connectivity index (χ3n) is 1.90. The normalized spacial score (nSPS) is 10.1. The predicted octanol–water partition coefficient (Wildman–Crippen LogP) is 2.61. The summed E-state index contributed by atoms with van der Waals surface area (Å²) in [5.74, 6) is -0.849. The number of rotatable bonds is 4. The van der Waals surface area contributed by atoms with Crippen LogP contribution in [0.15, 0.2) is 16.6 Å². The molecule has 5 heteroatoms. The molecular weight excluding hydrogens is 267 g/mol. The molecule has 0 aromatic heterocycles. The minimum atomic E-state index is -0.919. The van der Waals surface area contributed by atoms with Crippen LogP contribution in [-0.2, 0) is 11.2 Å². The maximum Gasteiger partial charge on any atom is 0.303 e. The number of carbonyl (C=O) groups is 1. The minimum Gasteiger partial charge on any atom is -0.495 e. The van der Waals surface area contributed by atoms with Crippen LogP contribution in [-0.4, -0.2) is 18.2 Å². The van der Waals surface area contributed by atoms with Crippen LogP contribution in [0.5, 0.6) is 5.75 Å². The summed E-state index contributed by atoms with van der Waals surface area (Å²) in [7, 11) is 1.46. The van der Waals surface area contributed by atoms with Crippen molar-refractivity contribution in [1.29, 1.82) is 0 Å². The number of aryl methyl sites for hydroxylation is 1. The molecule has 0 saturated carbocycles. The van der Waals surface area contributed by atoms with Crippen molar-refractivity contribution < 1.29 is 19.0 Å². The first kappa shape index (κ1) is 12.0. The highest BCUT2D eigenvalue weighted by Crippen LogP contribution is 2.30. The average molecular weight is 277 g/mol. The molecule has 0 aliphatic carbocycles. The third kappa shape index (κ3) is 3.20. The number of ether oxygens (including phenoxy) is 1. The molecule has 0 aliphatic rings. The zero-order valence-electron chi connectivity index (χ0n) is 8.09. The molecule has 0 saturated heterocycles. The van der Waals surface area contributed by atoms with Crippen molar-refractivity contribution in [3.8, 4) is 5.75 Å². The van der Waals surface area contributed by atoms with E-state index >= 15 is 0 Å². The summed E-state index contributed by atoms with van der Waals surface area (Å²) in [6, 6.07) is 2.57. The fourth-order valence-corrected chi connectivity index (χ4v) is 1.90. The number of aliphatic carboxylic acids is 1. The summed E-state index contributed by atoms with van der Waals surface area (Å²) in [5.41, 5.74) is 0.548. The summed E-state index contributed by atoms with van der Waals surface area (Å²) < 4.78 is 18.6.